The number of hydrogen-bond acceptors (Lipinski definition) is 0. The Morgan fingerprint density at radius 1 is 1.11 bits per heavy atom. The molecule has 94 valence electrons. The average Bonchev–Trinajstić information content (AvgIpc) is 2.50. The third-order valence-electron chi connectivity index (χ3n) is 3.02. The molecule has 0 radical (unpaired) electrons. The van der Waals surface area contributed by atoms with E-state index in [1.54, 1.807) is 0 Å². The van der Waals surface area contributed by atoms with Gasteiger partial charge in [0, 0.05) is 0 Å². The van der Waals surface area contributed by atoms with Gasteiger partial charge in [0.25, 0.3) is 0 Å². The Morgan fingerprint density at radius 2 is 1.89 bits per heavy atom. The molecule has 1 aromatic carbocycles. The minimum atomic E-state index is 0. The van der Waals surface area contributed by atoms with Gasteiger partial charge in [-0.1, -0.05) is 61.2 Å². The van der Waals surface area contributed by atoms with Crippen LogP contribution in [0.1, 0.15) is 24.5 Å². The van der Waals surface area contributed by atoms with Gasteiger partial charge in [0.15, 0.2) is 0 Å². The Bertz CT molecular complexity index is 504. The van der Waals surface area contributed by atoms with Crippen LogP contribution in [-0.4, -0.2) is 5.48 Å². The Kier molecular flexibility index (Phi) is 5.34. The molecule has 0 saturated carbocycles. The van der Waals surface area contributed by atoms with Gasteiger partial charge in [-0.3, -0.25) is 0 Å². The van der Waals surface area contributed by atoms with Crippen molar-refractivity contribution in [1.29, 1.82) is 0 Å². The van der Waals surface area contributed by atoms with Crippen molar-refractivity contribution in [1.82, 2.24) is 0 Å². The fourth-order valence-electron chi connectivity index (χ4n) is 2.13. The molecule has 1 nitrogen and oxygen atoms in total. The van der Waals surface area contributed by atoms with Gasteiger partial charge in [0.2, 0.25) is 0 Å². The van der Waals surface area contributed by atoms with Crippen molar-refractivity contribution in [2.75, 3.05) is 0 Å². The monoisotopic (exact) mass is 240 g/mol. The summed E-state index contributed by atoms with van der Waals surface area (Å²) in [6.07, 6.45) is 12.8. The van der Waals surface area contributed by atoms with E-state index in [4.69, 9.17) is 0 Å². The predicted octanol–water partition coefficient (Wildman–Crippen LogP) is 3.88. The van der Waals surface area contributed by atoms with Gasteiger partial charge >= 0.3 is 0 Å². The molecule has 0 saturated heterocycles. The van der Waals surface area contributed by atoms with Gasteiger partial charge in [0.1, 0.15) is 0 Å². The standard InChI is InChI=1S/C17H18.H2O/c1-3-4-5-8-15-11-12-16-9-6-7-10-17(16)14(2)13-15;/h3-10,13H,2,11-12H2,1H3;1H2/b4-3-,8-5-;. The summed E-state index contributed by atoms with van der Waals surface area (Å²) in [6, 6.07) is 8.55. The lowest BCUT2D eigenvalue weighted by Crippen LogP contribution is -1.88. The van der Waals surface area contributed by atoms with E-state index in [0.717, 1.165) is 18.4 Å². The summed E-state index contributed by atoms with van der Waals surface area (Å²) in [6.45, 7) is 6.19. The van der Waals surface area contributed by atoms with E-state index in [-0.39, 0.29) is 5.48 Å². The van der Waals surface area contributed by atoms with E-state index < -0.39 is 0 Å². The van der Waals surface area contributed by atoms with Crippen molar-refractivity contribution < 1.29 is 5.48 Å². The Hall–Kier alpha value is -1.86. The molecule has 0 aliphatic heterocycles. The Morgan fingerprint density at radius 3 is 2.67 bits per heavy atom. The number of benzene rings is 1. The first-order chi connectivity index (χ1) is 8.31. The zero-order valence-corrected chi connectivity index (χ0v) is 10.8. The van der Waals surface area contributed by atoms with Gasteiger partial charge in [-0.05, 0) is 42.0 Å². The summed E-state index contributed by atoms with van der Waals surface area (Å²) < 4.78 is 0. The van der Waals surface area contributed by atoms with Crippen molar-refractivity contribution >= 4 is 5.57 Å². The molecule has 0 spiro atoms. The molecular weight excluding hydrogens is 220 g/mol. The normalized spacial score (nSPS) is 15.2. The van der Waals surface area contributed by atoms with Crippen LogP contribution in [0.4, 0.5) is 0 Å². The van der Waals surface area contributed by atoms with Gasteiger partial charge < -0.3 is 5.48 Å². The summed E-state index contributed by atoms with van der Waals surface area (Å²) in [5.41, 5.74) is 5.17. The number of hydrogen-bond donors (Lipinski definition) is 0. The zero-order valence-electron chi connectivity index (χ0n) is 10.8. The molecule has 1 heteroatoms. The molecule has 0 amide bonds. The minimum absolute atomic E-state index is 0. The van der Waals surface area contributed by atoms with Crippen LogP contribution in [0.25, 0.3) is 5.57 Å². The second-order valence-corrected chi connectivity index (χ2v) is 4.29. The predicted molar refractivity (Wildman–Crippen MR) is 79.4 cm³/mol. The van der Waals surface area contributed by atoms with Crippen molar-refractivity contribution in [3.63, 3.8) is 0 Å². The van der Waals surface area contributed by atoms with E-state index >= 15 is 0 Å². The first-order valence-electron chi connectivity index (χ1n) is 6.08. The van der Waals surface area contributed by atoms with Gasteiger partial charge in [0.05, 0.1) is 0 Å². The maximum absolute atomic E-state index is 4.17. The van der Waals surface area contributed by atoms with Crippen LogP contribution in [0.15, 0.2) is 66.8 Å². The second kappa shape index (κ2) is 6.77. The van der Waals surface area contributed by atoms with Gasteiger partial charge in [-0.2, -0.15) is 0 Å². The highest BCUT2D eigenvalue weighted by Crippen LogP contribution is 2.27. The maximum atomic E-state index is 4.17. The average molecular weight is 240 g/mol. The highest BCUT2D eigenvalue weighted by Gasteiger charge is 2.09. The smallest absolute Gasteiger partial charge is 0.0158 e. The largest absolute Gasteiger partial charge is 0.412 e. The third-order valence-corrected chi connectivity index (χ3v) is 3.02. The fraction of sp³-hybridized carbons (Fsp3) is 0.176. The third kappa shape index (κ3) is 3.31. The van der Waals surface area contributed by atoms with E-state index in [1.165, 1.54) is 16.7 Å². The molecule has 1 aliphatic carbocycles. The first-order valence-corrected chi connectivity index (χ1v) is 6.08. The lowest BCUT2D eigenvalue weighted by molar-refractivity contribution is 0.824. The van der Waals surface area contributed by atoms with Crippen LogP contribution in [-0.2, 0) is 6.42 Å². The van der Waals surface area contributed by atoms with Crippen molar-refractivity contribution in [3.05, 3.63) is 77.9 Å². The van der Waals surface area contributed by atoms with E-state index in [0.29, 0.717) is 0 Å². The summed E-state index contributed by atoms with van der Waals surface area (Å²) in [4.78, 5) is 0. The summed E-state index contributed by atoms with van der Waals surface area (Å²) in [5.74, 6) is 0. The first kappa shape index (κ1) is 14.2. The molecule has 1 aromatic rings. The number of rotatable bonds is 2. The van der Waals surface area contributed by atoms with Crippen LogP contribution in [0.3, 0.4) is 0 Å². The number of aryl methyl sites for hydroxylation is 1. The quantitative estimate of drug-likeness (QED) is 0.703. The van der Waals surface area contributed by atoms with Crippen LogP contribution < -0.4 is 0 Å². The molecule has 0 fully saturated rings. The minimum Gasteiger partial charge on any atom is -0.412 e. The van der Waals surface area contributed by atoms with Crippen LogP contribution in [0.2, 0.25) is 0 Å². The maximum Gasteiger partial charge on any atom is -0.0158 e. The molecule has 0 unspecified atom stereocenters. The number of fused-ring (bicyclic) bond motifs is 1. The summed E-state index contributed by atoms with van der Waals surface area (Å²) in [7, 11) is 0. The second-order valence-electron chi connectivity index (χ2n) is 4.29. The lowest BCUT2D eigenvalue weighted by Gasteiger charge is -2.04. The van der Waals surface area contributed by atoms with Crippen molar-refractivity contribution in [2.24, 2.45) is 0 Å². The van der Waals surface area contributed by atoms with Gasteiger partial charge in [-0.25, -0.2) is 0 Å². The van der Waals surface area contributed by atoms with Crippen LogP contribution in [0.5, 0.6) is 0 Å². The molecular formula is C17H20O. The molecule has 0 heterocycles. The van der Waals surface area contributed by atoms with Crippen molar-refractivity contribution in [3.8, 4) is 0 Å². The highest BCUT2D eigenvalue weighted by molar-refractivity contribution is 5.76. The fourth-order valence-corrected chi connectivity index (χ4v) is 2.13. The summed E-state index contributed by atoms with van der Waals surface area (Å²) in [5, 5.41) is 0. The Balaban J connectivity index is 0.00000162. The van der Waals surface area contributed by atoms with Crippen molar-refractivity contribution in [2.45, 2.75) is 19.8 Å². The zero-order chi connectivity index (χ0) is 12.1. The van der Waals surface area contributed by atoms with E-state index in [1.807, 2.05) is 13.0 Å². The van der Waals surface area contributed by atoms with E-state index in [9.17, 15) is 0 Å². The van der Waals surface area contributed by atoms with E-state index in [2.05, 4.69) is 55.1 Å². The molecule has 0 aromatic heterocycles. The van der Waals surface area contributed by atoms with Gasteiger partial charge in [-0.15, -0.1) is 0 Å². The Labute approximate surface area is 109 Å². The SMILES string of the molecule is C=C1C=C(/C=C\C=C/C)CCc2ccccc21.O. The molecule has 2 rings (SSSR count). The lowest BCUT2D eigenvalue weighted by atomic mass is 10.0. The molecule has 2 N–H and O–H groups in total. The van der Waals surface area contributed by atoms with Crippen LogP contribution in [0, 0.1) is 0 Å². The topological polar surface area (TPSA) is 31.5 Å². The molecule has 0 bridgehead atoms. The molecule has 1 aliphatic rings. The number of allylic oxidation sites excluding steroid dienone is 7. The molecule has 0 atom stereocenters. The summed E-state index contributed by atoms with van der Waals surface area (Å²) >= 11 is 0. The van der Waals surface area contributed by atoms with Crippen LogP contribution >= 0.6 is 0 Å². The highest BCUT2D eigenvalue weighted by atomic mass is 16.0. The molecule has 18 heavy (non-hydrogen) atoms.